The minimum Gasteiger partial charge on any atom is -0.212 e. The average molecular weight is 128 g/mol. The lowest BCUT2D eigenvalue weighted by Crippen LogP contribution is -1.82. The Bertz CT molecular complexity index is 139. The van der Waals surface area contributed by atoms with E-state index in [0.29, 0.717) is 5.57 Å². The summed E-state index contributed by atoms with van der Waals surface area (Å²) < 4.78 is 12.4. The van der Waals surface area contributed by atoms with Crippen LogP contribution in [0.15, 0.2) is 23.6 Å². The Morgan fingerprint density at radius 3 is 2.00 bits per heavy atom. The van der Waals surface area contributed by atoms with Gasteiger partial charge in [0.15, 0.2) is 0 Å². The van der Waals surface area contributed by atoms with Gasteiger partial charge in [-0.25, -0.2) is 4.39 Å². The maximum absolute atomic E-state index is 12.4. The number of allylic oxidation sites excluding steroid dienone is 3. The number of rotatable bonds is 2. The van der Waals surface area contributed by atoms with Crippen molar-refractivity contribution in [3.63, 3.8) is 0 Å². The molecule has 9 heavy (non-hydrogen) atoms. The van der Waals surface area contributed by atoms with E-state index in [1.807, 2.05) is 6.92 Å². The van der Waals surface area contributed by atoms with Gasteiger partial charge in [0.05, 0.1) is 5.83 Å². The van der Waals surface area contributed by atoms with Gasteiger partial charge in [0.1, 0.15) is 0 Å². The molecule has 52 valence electrons. The Balaban J connectivity index is 4.21. The summed E-state index contributed by atoms with van der Waals surface area (Å²) in [4.78, 5) is 0. The maximum atomic E-state index is 12.4. The number of hydrogen-bond acceptors (Lipinski definition) is 0. The molecule has 0 fully saturated rings. The molecule has 0 atom stereocenters. The highest BCUT2D eigenvalue weighted by molar-refractivity contribution is 5.27. The molecule has 0 radical (unpaired) electrons. The van der Waals surface area contributed by atoms with Crippen LogP contribution in [0.4, 0.5) is 4.39 Å². The molecule has 0 aromatic rings. The molecule has 0 aliphatic heterocycles. The molecule has 1 heteroatoms. The first-order valence-corrected chi connectivity index (χ1v) is 3.10. The second-order valence-electron chi connectivity index (χ2n) is 2.12. The molecule has 0 amide bonds. The van der Waals surface area contributed by atoms with E-state index in [1.165, 1.54) is 6.92 Å². The Morgan fingerprint density at radius 2 is 1.89 bits per heavy atom. The highest BCUT2D eigenvalue weighted by atomic mass is 19.1. The summed E-state index contributed by atoms with van der Waals surface area (Å²) in [5.74, 6) is -0.123. The van der Waals surface area contributed by atoms with Gasteiger partial charge in [0, 0.05) is 0 Å². The quantitative estimate of drug-likeness (QED) is 0.501. The van der Waals surface area contributed by atoms with Crippen LogP contribution in [-0.4, -0.2) is 0 Å². The zero-order valence-corrected chi connectivity index (χ0v) is 6.29. The molecule has 0 aliphatic carbocycles. The minimum absolute atomic E-state index is 0.123. The molecule has 0 heterocycles. The van der Waals surface area contributed by atoms with Gasteiger partial charge < -0.3 is 0 Å². The van der Waals surface area contributed by atoms with E-state index in [0.717, 1.165) is 12.0 Å². The molecule has 0 aromatic heterocycles. The SMILES string of the molecule is C=C(CC)/C(C)=C(\C)F. The van der Waals surface area contributed by atoms with E-state index in [9.17, 15) is 4.39 Å². The third kappa shape index (κ3) is 2.45. The number of hydrogen-bond donors (Lipinski definition) is 0. The number of halogens is 1. The molecule has 0 unspecified atom stereocenters. The normalized spacial score (nSPS) is 12.9. The fourth-order valence-corrected chi connectivity index (χ4v) is 0.509. The van der Waals surface area contributed by atoms with Crippen LogP contribution in [-0.2, 0) is 0 Å². The minimum atomic E-state index is -0.123. The second-order valence-corrected chi connectivity index (χ2v) is 2.12. The Kier molecular flexibility index (Phi) is 3.21. The molecule has 0 saturated carbocycles. The summed E-state index contributed by atoms with van der Waals surface area (Å²) in [7, 11) is 0. The monoisotopic (exact) mass is 128 g/mol. The van der Waals surface area contributed by atoms with E-state index in [2.05, 4.69) is 6.58 Å². The molecule has 0 spiro atoms. The van der Waals surface area contributed by atoms with Gasteiger partial charge in [-0.15, -0.1) is 0 Å². The molecular weight excluding hydrogens is 115 g/mol. The summed E-state index contributed by atoms with van der Waals surface area (Å²) in [5.41, 5.74) is 1.58. The van der Waals surface area contributed by atoms with E-state index >= 15 is 0 Å². The van der Waals surface area contributed by atoms with E-state index in [-0.39, 0.29) is 5.83 Å². The molecule has 0 saturated heterocycles. The van der Waals surface area contributed by atoms with Gasteiger partial charge in [-0.2, -0.15) is 0 Å². The summed E-state index contributed by atoms with van der Waals surface area (Å²) in [5, 5.41) is 0. The predicted molar refractivity (Wildman–Crippen MR) is 38.9 cm³/mol. The maximum Gasteiger partial charge on any atom is 0.1000 e. The lowest BCUT2D eigenvalue weighted by molar-refractivity contribution is 0.628. The van der Waals surface area contributed by atoms with Crippen molar-refractivity contribution in [3.8, 4) is 0 Å². The largest absolute Gasteiger partial charge is 0.212 e. The van der Waals surface area contributed by atoms with Gasteiger partial charge in [0.2, 0.25) is 0 Å². The van der Waals surface area contributed by atoms with Crippen molar-refractivity contribution in [2.24, 2.45) is 0 Å². The van der Waals surface area contributed by atoms with E-state index in [4.69, 9.17) is 0 Å². The highest BCUT2D eigenvalue weighted by Crippen LogP contribution is 2.15. The fraction of sp³-hybridized carbons (Fsp3) is 0.500. The second kappa shape index (κ2) is 3.44. The van der Waals surface area contributed by atoms with Crippen LogP contribution in [0.5, 0.6) is 0 Å². The average Bonchev–Trinajstić information content (AvgIpc) is 1.84. The topological polar surface area (TPSA) is 0 Å². The summed E-state index contributed by atoms with van der Waals surface area (Å²) in [6, 6.07) is 0. The summed E-state index contributed by atoms with van der Waals surface area (Å²) >= 11 is 0. The molecule has 0 rings (SSSR count). The standard InChI is InChI=1S/C8H13F/c1-5-6(2)7(3)8(4)9/h2,5H2,1,3-4H3/b8-7+. The summed E-state index contributed by atoms with van der Waals surface area (Å²) in [6.07, 6.45) is 0.826. The van der Waals surface area contributed by atoms with E-state index in [1.54, 1.807) is 6.92 Å². The zero-order valence-electron chi connectivity index (χ0n) is 6.29. The highest BCUT2D eigenvalue weighted by Gasteiger charge is 1.96. The first kappa shape index (κ1) is 8.41. The lowest BCUT2D eigenvalue weighted by atomic mass is 10.1. The van der Waals surface area contributed by atoms with Crippen molar-refractivity contribution in [2.75, 3.05) is 0 Å². The van der Waals surface area contributed by atoms with Crippen molar-refractivity contribution in [1.82, 2.24) is 0 Å². The molecule has 0 bridgehead atoms. The Morgan fingerprint density at radius 1 is 1.44 bits per heavy atom. The lowest BCUT2D eigenvalue weighted by Gasteiger charge is -2.00. The third-order valence-electron chi connectivity index (χ3n) is 1.47. The van der Waals surface area contributed by atoms with Gasteiger partial charge >= 0.3 is 0 Å². The van der Waals surface area contributed by atoms with Crippen molar-refractivity contribution in [3.05, 3.63) is 23.6 Å². The van der Waals surface area contributed by atoms with Gasteiger partial charge in [-0.3, -0.25) is 0 Å². The third-order valence-corrected chi connectivity index (χ3v) is 1.47. The fourth-order valence-electron chi connectivity index (χ4n) is 0.509. The van der Waals surface area contributed by atoms with Crippen LogP contribution in [0.3, 0.4) is 0 Å². The van der Waals surface area contributed by atoms with E-state index < -0.39 is 0 Å². The molecular formula is C8H13F. The molecule has 0 nitrogen and oxygen atoms in total. The molecule has 0 aliphatic rings. The van der Waals surface area contributed by atoms with Crippen molar-refractivity contribution in [1.29, 1.82) is 0 Å². The van der Waals surface area contributed by atoms with Crippen molar-refractivity contribution in [2.45, 2.75) is 27.2 Å². The first-order chi connectivity index (χ1) is 4.09. The first-order valence-electron chi connectivity index (χ1n) is 3.10. The van der Waals surface area contributed by atoms with Crippen LogP contribution >= 0.6 is 0 Å². The van der Waals surface area contributed by atoms with Crippen LogP contribution in [0.2, 0.25) is 0 Å². The molecule has 0 aromatic carbocycles. The Labute approximate surface area is 56.1 Å². The Hall–Kier alpha value is -0.590. The van der Waals surface area contributed by atoms with Crippen molar-refractivity contribution >= 4 is 0 Å². The van der Waals surface area contributed by atoms with Crippen LogP contribution in [0.25, 0.3) is 0 Å². The van der Waals surface area contributed by atoms with Crippen LogP contribution in [0, 0.1) is 0 Å². The van der Waals surface area contributed by atoms with Gasteiger partial charge in [-0.1, -0.05) is 19.1 Å². The van der Waals surface area contributed by atoms with Gasteiger partial charge in [-0.05, 0) is 25.8 Å². The smallest absolute Gasteiger partial charge is 0.1000 e. The zero-order chi connectivity index (χ0) is 7.44. The predicted octanol–water partition coefficient (Wildman–Crippen LogP) is 3.22. The summed E-state index contributed by atoms with van der Waals surface area (Å²) in [6.45, 7) is 8.87. The van der Waals surface area contributed by atoms with Gasteiger partial charge in [0.25, 0.3) is 0 Å². The van der Waals surface area contributed by atoms with Crippen LogP contribution < -0.4 is 0 Å². The van der Waals surface area contributed by atoms with Crippen molar-refractivity contribution < 1.29 is 4.39 Å². The molecule has 0 N–H and O–H groups in total. The van der Waals surface area contributed by atoms with Crippen LogP contribution in [0.1, 0.15) is 27.2 Å².